The quantitative estimate of drug-likeness (QED) is 0.451. The predicted molar refractivity (Wildman–Crippen MR) is 110 cm³/mol. The van der Waals surface area contributed by atoms with Crippen LogP contribution < -0.4 is 14.8 Å². The fourth-order valence-electron chi connectivity index (χ4n) is 2.86. The number of aryl methyl sites for hydroxylation is 2. The van der Waals surface area contributed by atoms with E-state index in [1.54, 1.807) is 17.6 Å². The monoisotopic (exact) mass is 413 g/mol. The molecule has 0 radical (unpaired) electrons. The van der Waals surface area contributed by atoms with Gasteiger partial charge in [0.05, 0.1) is 29.3 Å². The Labute approximate surface area is 171 Å². The largest absolute Gasteiger partial charge is 0.493 e. The lowest BCUT2D eigenvalue weighted by atomic mass is 10.1. The van der Waals surface area contributed by atoms with Gasteiger partial charge in [0.25, 0.3) is 11.6 Å². The Kier molecular flexibility index (Phi) is 6.08. The van der Waals surface area contributed by atoms with Gasteiger partial charge in [-0.25, -0.2) is 4.98 Å². The molecule has 0 atom stereocenters. The van der Waals surface area contributed by atoms with Gasteiger partial charge in [-0.3, -0.25) is 14.9 Å². The number of aromatic nitrogens is 1. The molecule has 1 amide bonds. The molecule has 9 heteroatoms. The first kappa shape index (κ1) is 20.3. The van der Waals surface area contributed by atoms with Crippen molar-refractivity contribution < 1.29 is 19.2 Å². The highest BCUT2D eigenvalue weighted by Crippen LogP contribution is 2.35. The molecule has 29 heavy (non-hydrogen) atoms. The number of anilines is 1. The molecule has 3 aromatic rings. The Morgan fingerprint density at radius 1 is 1.17 bits per heavy atom. The first-order valence-corrected chi connectivity index (χ1v) is 9.57. The number of rotatable bonds is 7. The van der Waals surface area contributed by atoms with Gasteiger partial charge in [0.1, 0.15) is 12.2 Å². The number of nitrogens with zero attached hydrogens (tertiary/aromatic N) is 2. The molecule has 0 aliphatic carbocycles. The lowest BCUT2D eigenvalue weighted by molar-refractivity contribution is -0.385. The molecule has 150 valence electrons. The number of benzene rings is 2. The van der Waals surface area contributed by atoms with Crippen LogP contribution in [0.25, 0.3) is 0 Å². The highest BCUT2D eigenvalue weighted by Gasteiger charge is 2.25. The van der Waals surface area contributed by atoms with Crippen molar-refractivity contribution in [2.24, 2.45) is 0 Å². The van der Waals surface area contributed by atoms with Crippen LogP contribution in [0.5, 0.6) is 11.5 Å². The maximum atomic E-state index is 12.8. The van der Waals surface area contributed by atoms with Crippen LogP contribution in [0.2, 0.25) is 0 Å². The van der Waals surface area contributed by atoms with Gasteiger partial charge in [-0.05, 0) is 37.1 Å². The van der Waals surface area contributed by atoms with Gasteiger partial charge in [0, 0.05) is 17.1 Å². The maximum Gasteiger partial charge on any atom is 0.286 e. The molecule has 0 saturated carbocycles. The van der Waals surface area contributed by atoms with E-state index in [1.807, 2.05) is 25.3 Å². The summed E-state index contributed by atoms with van der Waals surface area (Å²) in [7, 11) is 1.41. The molecule has 0 bridgehead atoms. The summed E-state index contributed by atoms with van der Waals surface area (Å²) in [6, 6.07) is 8.06. The summed E-state index contributed by atoms with van der Waals surface area (Å²) in [6.45, 7) is 3.94. The van der Waals surface area contributed by atoms with E-state index in [9.17, 15) is 14.9 Å². The number of ether oxygens (including phenoxy) is 2. The zero-order valence-electron chi connectivity index (χ0n) is 16.1. The number of thiazole rings is 1. The van der Waals surface area contributed by atoms with Gasteiger partial charge in [0.2, 0.25) is 0 Å². The Morgan fingerprint density at radius 3 is 2.48 bits per heavy atom. The molecule has 1 N–H and O–H groups in total. The van der Waals surface area contributed by atoms with E-state index in [2.05, 4.69) is 10.3 Å². The molecule has 0 spiro atoms. The van der Waals surface area contributed by atoms with Crippen LogP contribution in [0, 0.1) is 24.0 Å². The van der Waals surface area contributed by atoms with Gasteiger partial charge in [-0.1, -0.05) is 6.07 Å². The van der Waals surface area contributed by atoms with Crippen LogP contribution in [0.3, 0.4) is 0 Å². The van der Waals surface area contributed by atoms with Crippen molar-refractivity contribution >= 4 is 28.6 Å². The van der Waals surface area contributed by atoms with E-state index in [1.165, 1.54) is 30.6 Å². The summed E-state index contributed by atoms with van der Waals surface area (Å²) in [5.41, 5.74) is 4.36. The zero-order valence-corrected chi connectivity index (χ0v) is 16.9. The van der Waals surface area contributed by atoms with Crippen molar-refractivity contribution in [3.05, 3.63) is 73.7 Å². The lowest BCUT2D eigenvalue weighted by Gasteiger charge is -2.13. The summed E-state index contributed by atoms with van der Waals surface area (Å²) in [6.07, 6.45) is 0. The van der Waals surface area contributed by atoms with Crippen molar-refractivity contribution in [3.63, 3.8) is 0 Å². The third kappa shape index (κ3) is 4.88. The van der Waals surface area contributed by atoms with Crippen LogP contribution in [0.15, 0.2) is 41.2 Å². The van der Waals surface area contributed by atoms with Crippen LogP contribution in [-0.2, 0) is 6.61 Å². The minimum Gasteiger partial charge on any atom is -0.493 e. The maximum absolute atomic E-state index is 12.8. The number of nitro benzene ring substituents is 1. The molecule has 0 aliphatic heterocycles. The Balaban J connectivity index is 1.92. The molecule has 3 rings (SSSR count). The molecule has 0 fully saturated rings. The van der Waals surface area contributed by atoms with Crippen LogP contribution >= 0.6 is 11.3 Å². The van der Waals surface area contributed by atoms with Crippen molar-refractivity contribution in [2.75, 3.05) is 12.4 Å². The van der Waals surface area contributed by atoms with Gasteiger partial charge in [-0.15, -0.1) is 11.3 Å². The van der Waals surface area contributed by atoms with Crippen LogP contribution in [-0.4, -0.2) is 22.9 Å². The van der Waals surface area contributed by atoms with Gasteiger partial charge < -0.3 is 14.8 Å². The first-order valence-electron chi connectivity index (χ1n) is 8.63. The zero-order chi connectivity index (χ0) is 21.0. The average Bonchev–Trinajstić information content (AvgIpc) is 3.18. The third-order valence-corrected chi connectivity index (χ3v) is 4.70. The number of nitrogens with one attached hydrogen (secondary N) is 1. The highest BCUT2D eigenvalue weighted by molar-refractivity contribution is 7.07. The molecule has 1 heterocycles. The van der Waals surface area contributed by atoms with E-state index in [0.717, 1.165) is 11.1 Å². The molecule has 0 unspecified atom stereocenters. The van der Waals surface area contributed by atoms with E-state index in [4.69, 9.17) is 9.47 Å². The fraction of sp³-hybridized carbons (Fsp3) is 0.200. The van der Waals surface area contributed by atoms with Crippen molar-refractivity contribution in [2.45, 2.75) is 20.5 Å². The standard InChI is InChI=1S/C20H19N3O5S/c1-12-4-13(2)6-14(5-12)22-20(24)16-7-18(27-3)19(8-17(16)23(25)26)28-9-15-10-29-11-21-15/h4-8,10-11H,9H2,1-3H3,(H,22,24). The van der Waals surface area contributed by atoms with Crippen molar-refractivity contribution in [1.82, 2.24) is 4.98 Å². The fourth-order valence-corrected chi connectivity index (χ4v) is 3.40. The summed E-state index contributed by atoms with van der Waals surface area (Å²) in [5.74, 6) is -0.224. The average molecular weight is 413 g/mol. The van der Waals surface area contributed by atoms with Crippen molar-refractivity contribution in [3.8, 4) is 11.5 Å². The van der Waals surface area contributed by atoms with Gasteiger partial charge >= 0.3 is 0 Å². The number of hydrogen-bond acceptors (Lipinski definition) is 7. The molecule has 1 aromatic heterocycles. The number of carbonyl (C=O) groups excluding carboxylic acids is 1. The van der Waals surface area contributed by atoms with E-state index in [0.29, 0.717) is 11.4 Å². The Bertz CT molecular complexity index is 1030. The predicted octanol–water partition coefficient (Wildman–Crippen LogP) is 4.51. The molecule has 0 saturated heterocycles. The lowest BCUT2D eigenvalue weighted by Crippen LogP contribution is -2.15. The molecule has 2 aromatic carbocycles. The number of carbonyl (C=O) groups is 1. The smallest absolute Gasteiger partial charge is 0.286 e. The SMILES string of the molecule is COc1cc(C(=O)Nc2cc(C)cc(C)c2)c([N+](=O)[O-])cc1OCc1cscn1. The normalized spacial score (nSPS) is 10.4. The molecule has 0 aliphatic rings. The molecular formula is C20H19N3O5S. The first-order chi connectivity index (χ1) is 13.9. The Morgan fingerprint density at radius 2 is 1.90 bits per heavy atom. The second-order valence-electron chi connectivity index (χ2n) is 6.38. The summed E-state index contributed by atoms with van der Waals surface area (Å²) in [5, 5.41) is 16.1. The second kappa shape index (κ2) is 8.70. The summed E-state index contributed by atoms with van der Waals surface area (Å²) >= 11 is 1.42. The number of methoxy groups -OCH3 is 1. The van der Waals surface area contributed by atoms with Crippen LogP contribution in [0.4, 0.5) is 11.4 Å². The number of hydrogen-bond donors (Lipinski definition) is 1. The summed E-state index contributed by atoms with van der Waals surface area (Å²) < 4.78 is 10.9. The van der Waals surface area contributed by atoms with Gasteiger partial charge in [-0.2, -0.15) is 0 Å². The molecular weight excluding hydrogens is 394 g/mol. The third-order valence-electron chi connectivity index (χ3n) is 4.06. The summed E-state index contributed by atoms with van der Waals surface area (Å²) in [4.78, 5) is 27.8. The van der Waals surface area contributed by atoms with E-state index >= 15 is 0 Å². The van der Waals surface area contributed by atoms with E-state index in [-0.39, 0.29) is 29.4 Å². The minimum atomic E-state index is -0.619. The van der Waals surface area contributed by atoms with Crippen molar-refractivity contribution in [1.29, 1.82) is 0 Å². The Hall–Kier alpha value is -3.46. The molecule has 8 nitrogen and oxygen atoms in total. The minimum absolute atomic E-state index is 0.119. The van der Waals surface area contributed by atoms with E-state index < -0.39 is 10.8 Å². The number of amides is 1. The second-order valence-corrected chi connectivity index (χ2v) is 7.09. The highest BCUT2D eigenvalue weighted by atomic mass is 32.1. The van der Waals surface area contributed by atoms with Gasteiger partial charge in [0.15, 0.2) is 11.5 Å². The van der Waals surface area contributed by atoms with Crippen LogP contribution in [0.1, 0.15) is 27.2 Å². The number of nitro groups is 1. The topological polar surface area (TPSA) is 104 Å².